The van der Waals surface area contributed by atoms with E-state index in [-0.39, 0.29) is 36.2 Å². The number of hydrogen-bond acceptors (Lipinski definition) is 17. The standard InChI is InChI=1S/C50H81N11O14S/c1-6-27(2)44(59-42(68)22-51)48(72)55-23-43(69)57-35-20-33-32(13-14-38(64)34(33)26-76-17-11-9-15-54-41(67)12-8-7-10-16-75-53)28(3)18-29(4)56-49(73)45(30(5)39(65)25-62)60-47(71)37-19-31(63)24-61(37)50(74)36(21-40(52)66)58-46(35)70/h13-14,27,29-31,35-37,39,44-45,62-65H,3,6-12,15-26,51,53H2,1-2,4-5H3,(H2,52,66)(H,54,67)(H,55,72)(H,56,73)(H,57,69)(H,58,70)(H,59,68)(H,60,71)/t27-,29+,30-,31+,35?,36-,37-,39-,44-,45-/m0/s1. The second kappa shape index (κ2) is 32.6. The molecular formula is C50H81N11O14S. The van der Waals surface area contributed by atoms with Crippen molar-refractivity contribution in [2.75, 3.05) is 45.1 Å². The number of carbonyl (C=O) groups excluding carboxylic acids is 9. The number of benzene rings is 1. The number of carbonyl (C=O) groups is 9. The van der Waals surface area contributed by atoms with Gasteiger partial charge < -0.3 is 78.8 Å². The monoisotopic (exact) mass is 1090 g/mol. The Labute approximate surface area is 447 Å². The summed E-state index contributed by atoms with van der Waals surface area (Å²) in [6, 6.07) is -5.23. The van der Waals surface area contributed by atoms with E-state index >= 15 is 0 Å². The van der Waals surface area contributed by atoms with Gasteiger partial charge in [-0.25, -0.2) is 5.90 Å². The maximum atomic E-state index is 14.8. The Hall–Kier alpha value is -5.90. The first kappa shape index (κ1) is 64.4. The van der Waals surface area contributed by atoms with E-state index in [4.69, 9.17) is 17.4 Å². The van der Waals surface area contributed by atoms with Crippen LogP contribution in [0.1, 0.15) is 109 Å². The van der Waals surface area contributed by atoms with Crippen LogP contribution in [0.5, 0.6) is 5.75 Å². The number of aliphatic hydroxyl groups is 3. The van der Waals surface area contributed by atoms with Crippen LogP contribution in [0.25, 0.3) is 5.57 Å². The quantitative estimate of drug-likeness (QED) is 0.0332. The fourth-order valence-electron chi connectivity index (χ4n) is 8.86. The van der Waals surface area contributed by atoms with Crippen molar-refractivity contribution < 1.29 is 68.4 Å². The van der Waals surface area contributed by atoms with Crippen LogP contribution < -0.4 is 54.6 Å². The van der Waals surface area contributed by atoms with Crippen molar-refractivity contribution in [2.45, 2.75) is 153 Å². The molecule has 2 aliphatic heterocycles. The predicted octanol–water partition coefficient (Wildman–Crippen LogP) is -2.68. The summed E-state index contributed by atoms with van der Waals surface area (Å²) in [7, 11) is 0. The number of phenols is 1. The van der Waals surface area contributed by atoms with Crippen molar-refractivity contribution in [2.24, 2.45) is 29.2 Å². The smallest absolute Gasteiger partial charge is 0.246 e. The zero-order valence-corrected chi connectivity index (χ0v) is 44.8. The summed E-state index contributed by atoms with van der Waals surface area (Å²) in [5, 5.41) is 61.4. The lowest BCUT2D eigenvalue weighted by molar-refractivity contribution is -0.144. The van der Waals surface area contributed by atoms with E-state index in [0.29, 0.717) is 73.3 Å². The largest absolute Gasteiger partial charge is 0.508 e. The van der Waals surface area contributed by atoms with Crippen LogP contribution in [0.2, 0.25) is 0 Å². The SMILES string of the molecule is C=C1C[C@@H](C)NC(=O)[C@H]([C@@H](C)[C@@H](O)CO)NC(=O)[C@@H]2C[C@@H](O)CN2C(=O)[C@H](CC(N)=O)NC(=O)C(NC(=O)CNC(=O)[C@@H](NC(=O)CN)[C@@H](C)CC)Cc2c1ccc(O)c2CSCCCCNC(=O)CCCCCON. The number of amides is 9. The molecule has 1 unspecified atom stereocenters. The number of phenolic OH excluding ortho intramolecular Hbond substituents is 1. The average Bonchev–Trinajstić information content (AvgIpc) is 3.78. The fraction of sp³-hybridized carbons (Fsp3) is 0.660. The summed E-state index contributed by atoms with van der Waals surface area (Å²) in [6.07, 6.45) is 0.0925. The molecule has 1 aromatic carbocycles. The lowest BCUT2D eigenvalue weighted by Gasteiger charge is -2.33. The molecule has 0 radical (unpaired) electrons. The van der Waals surface area contributed by atoms with Crippen LogP contribution >= 0.6 is 11.8 Å². The van der Waals surface area contributed by atoms with Crippen molar-refractivity contribution >= 4 is 70.5 Å². The molecule has 9 amide bonds. The first-order valence-corrected chi connectivity index (χ1v) is 26.9. The molecule has 2 aliphatic rings. The van der Waals surface area contributed by atoms with Crippen molar-refractivity contribution in [3.05, 3.63) is 35.4 Å². The number of fused-ring (bicyclic) bond motifs is 2. The Morgan fingerprint density at radius 1 is 0.947 bits per heavy atom. The molecule has 0 saturated carbocycles. The zero-order chi connectivity index (χ0) is 56.6. The summed E-state index contributed by atoms with van der Waals surface area (Å²) in [6.45, 7) is 9.42. The maximum Gasteiger partial charge on any atom is 0.246 e. The molecule has 426 valence electrons. The van der Waals surface area contributed by atoms with Gasteiger partial charge in [-0.2, -0.15) is 11.8 Å². The number of nitrogens with two attached hydrogens (primary N) is 3. The van der Waals surface area contributed by atoms with E-state index in [9.17, 15) is 63.6 Å². The van der Waals surface area contributed by atoms with E-state index in [1.807, 2.05) is 0 Å². The van der Waals surface area contributed by atoms with E-state index in [1.165, 1.54) is 24.8 Å². The van der Waals surface area contributed by atoms with Crippen molar-refractivity contribution in [3.8, 4) is 5.75 Å². The highest BCUT2D eigenvalue weighted by Crippen LogP contribution is 2.35. The van der Waals surface area contributed by atoms with Gasteiger partial charge in [-0.3, -0.25) is 43.2 Å². The van der Waals surface area contributed by atoms with E-state index in [1.54, 1.807) is 26.8 Å². The predicted molar refractivity (Wildman–Crippen MR) is 282 cm³/mol. The molecule has 0 aliphatic carbocycles. The molecule has 1 aromatic rings. The zero-order valence-electron chi connectivity index (χ0n) is 44.0. The number of nitrogens with zero attached hydrogens (tertiary/aromatic N) is 1. The van der Waals surface area contributed by atoms with Crippen LogP contribution in [-0.4, -0.2) is 172 Å². The van der Waals surface area contributed by atoms with Crippen LogP contribution in [0, 0.1) is 11.8 Å². The number of primary amides is 1. The normalized spacial score (nSPS) is 22.2. The van der Waals surface area contributed by atoms with Crippen LogP contribution in [-0.2, 0) is 60.2 Å². The van der Waals surface area contributed by atoms with Gasteiger partial charge in [-0.1, -0.05) is 46.3 Å². The number of unbranched alkanes of at least 4 members (excludes halogenated alkanes) is 3. The third kappa shape index (κ3) is 20.2. The van der Waals surface area contributed by atoms with Crippen LogP contribution in [0.4, 0.5) is 0 Å². The van der Waals surface area contributed by atoms with Crippen LogP contribution in [0.15, 0.2) is 18.7 Å². The number of hydrogen-bond donors (Lipinski definition) is 14. The van der Waals surface area contributed by atoms with Gasteiger partial charge in [0.05, 0.1) is 44.9 Å². The summed E-state index contributed by atoms with van der Waals surface area (Å²) in [5.41, 5.74) is 12.5. The molecule has 0 aromatic heterocycles. The summed E-state index contributed by atoms with van der Waals surface area (Å²) >= 11 is 1.43. The van der Waals surface area contributed by atoms with Crippen LogP contribution in [0.3, 0.4) is 0 Å². The summed E-state index contributed by atoms with van der Waals surface area (Å²) in [4.78, 5) is 127. The molecule has 1 saturated heterocycles. The minimum atomic E-state index is -1.80. The highest BCUT2D eigenvalue weighted by molar-refractivity contribution is 7.98. The molecule has 17 N–H and O–H groups in total. The van der Waals surface area contributed by atoms with Gasteiger partial charge in [0.1, 0.15) is 36.0 Å². The molecule has 2 heterocycles. The molecule has 1 fully saturated rings. The van der Waals surface area contributed by atoms with E-state index < -0.39 is 141 Å². The Morgan fingerprint density at radius 3 is 2.33 bits per heavy atom. The number of aromatic hydroxyl groups is 1. The van der Waals surface area contributed by atoms with Crippen molar-refractivity contribution in [3.63, 3.8) is 0 Å². The Balaban J connectivity index is 2.13. The van der Waals surface area contributed by atoms with Gasteiger partial charge in [-0.05, 0) is 73.5 Å². The van der Waals surface area contributed by atoms with Gasteiger partial charge in [0.2, 0.25) is 53.2 Å². The number of nitrogens with one attached hydrogen (secondary N) is 7. The third-order valence-corrected chi connectivity index (χ3v) is 14.5. The second-order valence-electron chi connectivity index (χ2n) is 19.5. The first-order chi connectivity index (χ1) is 36.1. The maximum absolute atomic E-state index is 14.8. The van der Waals surface area contributed by atoms with Gasteiger partial charge in [0.15, 0.2) is 0 Å². The topological polar surface area (TPSA) is 409 Å². The highest BCUT2D eigenvalue weighted by atomic mass is 32.2. The minimum absolute atomic E-state index is 0.0343. The Bertz CT molecular complexity index is 2190. The van der Waals surface area contributed by atoms with E-state index in [0.717, 1.165) is 17.7 Å². The third-order valence-electron chi connectivity index (χ3n) is 13.4. The average molecular weight is 1090 g/mol. The lowest BCUT2D eigenvalue weighted by Crippen LogP contribution is -2.60. The molecule has 0 spiro atoms. The fourth-order valence-corrected chi connectivity index (χ4v) is 9.94. The van der Waals surface area contributed by atoms with Crippen molar-refractivity contribution in [1.82, 2.24) is 42.1 Å². The van der Waals surface area contributed by atoms with Gasteiger partial charge in [-0.15, -0.1) is 0 Å². The molecule has 76 heavy (non-hydrogen) atoms. The van der Waals surface area contributed by atoms with Gasteiger partial charge in [0.25, 0.3) is 0 Å². The van der Waals surface area contributed by atoms with Crippen molar-refractivity contribution in [1.29, 1.82) is 0 Å². The highest BCUT2D eigenvalue weighted by Gasteiger charge is 2.44. The molecule has 0 bridgehead atoms. The molecule has 25 nitrogen and oxygen atoms in total. The van der Waals surface area contributed by atoms with Gasteiger partial charge >= 0.3 is 0 Å². The lowest BCUT2D eigenvalue weighted by atomic mass is 9.88. The second-order valence-corrected chi connectivity index (χ2v) is 20.6. The number of rotatable bonds is 26. The summed E-state index contributed by atoms with van der Waals surface area (Å²) in [5.74, 6) is -3.02. The van der Waals surface area contributed by atoms with Gasteiger partial charge in [0, 0.05) is 55.6 Å². The Kier molecular flexibility index (Phi) is 27.6. The Morgan fingerprint density at radius 2 is 1.67 bits per heavy atom. The number of aliphatic hydroxyl groups excluding tert-OH is 3. The minimum Gasteiger partial charge on any atom is -0.508 e. The molecular weight excluding hydrogens is 1010 g/mol. The van der Waals surface area contributed by atoms with E-state index in [2.05, 4.69) is 48.6 Å². The molecule has 10 atom stereocenters. The summed E-state index contributed by atoms with van der Waals surface area (Å²) < 4.78 is 0. The molecule has 3 rings (SSSR count). The molecule has 26 heteroatoms. The number of thioether (sulfide) groups is 1. The first-order valence-electron chi connectivity index (χ1n) is 25.8.